The Labute approximate surface area is 114 Å². The van der Waals surface area contributed by atoms with Crippen molar-refractivity contribution >= 4 is 11.6 Å². The summed E-state index contributed by atoms with van der Waals surface area (Å²) in [5, 5.41) is 2.47. The molecule has 1 aromatic carbocycles. The lowest BCUT2D eigenvalue weighted by atomic mass is 10.1. The fourth-order valence-electron chi connectivity index (χ4n) is 1.53. The number of benzene rings is 1. The molecule has 1 aromatic rings. The minimum absolute atomic E-state index is 0.0900. The summed E-state index contributed by atoms with van der Waals surface area (Å²) in [5.41, 5.74) is 0.589. The maximum absolute atomic E-state index is 12.8. The molecular weight excluding hydrogens is 275 g/mol. The van der Waals surface area contributed by atoms with Crippen LogP contribution in [0.1, 0.15) is 22.8 Å². The Bertz CT molecular complexity index is 464. The molecule has 0 bridgehead atoms. The molecule has 0 aliphatic carbocycles. The van der Waals surface area contributed by atoms with E-state index in [4.69, 9.17) is 10.6 Å². The highest BCUT2D eigenvalue weighted by atomic mass is 19.4. The van der Waals surface area contributed by atoms with E-state index in [1.54, 1.807) is 6.92 Å². The van der Waals surface area contributed by atoms with E-state index in [2.05, 4.69) is 5.32 Å². The summed E-state index contributed by atoms with van der Waals surface area (Å²) in [6.45, 7) is 2.84. The van der Waals surface area contributed by atoms with Crippen molar-refractivity contribution in [3.8, 4) is 0 Å². The Kier molecular flexibility index (Phi) is 5.78. The van der Waals surface area contributed by atoms with Gasteiger partial charge in [0.25, 0.3) is 5.91 Å². The molecule has 0 radical (unpaired) electrons. The van der Waals surface area contributed by atoms with E-state index in [1.165, 1.54) is 6.07 Å². The summed E-state index contributed by atoms with van der Waals surface area (Å²) in [5.74, 6) is 4.42. The van der Waals surface area contributed by atoms with Crippen molar-refractivity contribution in [2.24, 2.45) is 5.84 Å². The first-order valence-corrected chi connectivity index (χ1v) is 5.94. The number of ether oxygens (including phenoxy) is 1. The Hall–Kier alpha value is -1.80. The number of alkyl halides is 3. The van der Waals surface area contributed by atoms with E-state index in [-0.39, 0.29) is 17.8 Å². The molecule has 0 aromatic heterocycles. The van der Waals surface area contributed by atoms with Gasteiger partial charge < -0.3 is 15.5 Å². The summed E-state index contributed by atoms with van der Waals surface area (Å²) in [6.07, 6.45) is -4.59. The van der Waals surface area contributed by atoms with Gasteiger partial charge in [0.2, 0.25) is 0 Å². The predicted molar refractivity (Wildman–Crippen MR) is 68.1 cm³/mol. The SMILES string of the molecule is CCOCCNC(=O)c1ccc(NN)c(C(F)(F)F)c1. The van der Waals surface area contributed by atoms with E-state index in [1.807, 2.05) is 5.43 Å². The number of hydrogen-bond donors (Lipinski definition) is 3. The average Bonchev–Trinajstić information content (AvgIpc) is 2.41. The van der Waals surface area contributed by atoms with Crippen molar-refractivity contribution in [3.05, 3.63) is 29.3 Å². The van der Waals surface area contributed by atoms with Crippen LogP contribution in [0.5, 0.6) is 0 Å². The molecule has 4 N–H and O–H groups in total. The Morgan fingerprint density at radius 2 is 2.10 bits per heavy atom. The average molecular weight is 291 g/mol. The standard InChI is InChI=1S/C12H16F3N3O2/c1-2-20-6-5-17-11(19)8-3-4-10(18-16)9(7-8)12(13,14)15/h3-4,7,18H,2,5-6,16H2,1H3,(H,17,19). The topological polar surface area (TPSA) is 76.4 Å². The molecule has 112 valence electrons. The smallest absolute Gasteiger partial charge is 0.380 e. The first-order valence-electron chi connectivity index (χ1n) is 5.94. The number of nitrogens with two attached hydrogens (primary N) is 1. The van der Waals surface area contributed by atoms with Crippen LogP contribution in [-0.2, 0) is 10.9 Å². The van der Waals surface area contributed by atoms with Crippen molar-refractivity contribution in [1.29, 1.82) is 0 Å². The van der Waals surface area contributed by atoms with Gasteiger partial charge in [0, 0.05) is 18.7 Å². The second-order valence-electron chi connectivity index (χ2n) is 3.86. The van der Waals surface area contributed by atoms with Crippen molar-refractivity contribution in [1.82, 2.24) is 5.32 Å². The number of anilines is 1. The number of carbonyl (C=O) groups is 1. The van der Waals surface area contributed by atoms with E-state index in [0.29, 0.717) is 13.2 Å². The lowest BCUT2D eigenvalue weighted by Crippen LogP contribution is -2.27. The number of halogens is 3. The van der Waals surface area contributed by atoms with Crippen LogP contribution in [0.15, 0.2) is 18.2 Å². The third-order valence-corrected chi connectivity index (χ3v) is 2.48. The number of hydrogen-bond acceptors (Lipinski definition) is 4. The quantitative estimate of drug-likeness (QED) is 0.424. The molecule has 1 amide bonds. The first-order chi connectivity index (χ1) is 9.40. The van der Waals surface area contributed by atoms with Gasteiger partial charge in [0.15, 0.2) is 0 Å². The van der Waals surface area contributed by atoms with Crippen LogP contribution in [0.25, 0.3) is 0 Å². The largest absolute Gasteiger partial charge is 0.418 e. The number of carbonyl (C=O) groups excluding carboxylic acids is 1. The van der Waals surface area contributed by atoms with E-state index in [0.717, 1.165) is 12.1 Å². The molecule has 0 aliphatic rings. The van der Waals surface area contributed by atoms with Crippen LogP contribution in [0.3, 0.4) is 0 Å². The number of amides is 1. The van der Waals surface area contributed by atoms with Gasteiger partial charge in [-0.05, 0) is 25.1 Å². The highest BCUT2D eigenvalue weighted by molar-refractivity contribution is 5.94. The highest BCUT2D eigenvalue weighted by Crippen LogP contribution is 2.35. The maximum Gasteiger partial charge on any atom is 0.418 e. The lowest BCUT2D eigenvalue weighted by molar-refractivity contribution is -0.137. The number of nitrogens with one attached hydrogen (secondary N) is 2. The van der Waals surface area contributed by atoms with Gasteiger partial charge in [0.05, 0.1) is 17.9 Å². The molecule has 8 heteroatoms. The molecule has 0 unspecified atom stereocenters. The predicted octanol–water partition coefficient (Wildman–Crippen LogP) is 1.76. The first kappa shape index (κ1) is 16.3. The number of rotatable bonds is 6. The fraction of sp³-hybridized carbons (Fsp3) is 0.417. The maximum atomic E-state index is 12.8. The van der Waals surface area contributed by atoms with Gasteiger partial charge in [-0.1, -0.05) is 0 Å². The van der Waals surface area contributed by atoms with Gasteiger partial charge in [-0.15, -0.1) is 0 Å². The molecule has 0 heterocycles. The summed E-state index contributed by atoms with van der Waals surface area (Å²) in [7, 11) is 0. The summed E-state index contributed by atoms with van der Waals surface area (Å²) in [4.78, 5) is 11.7. The molecule has 0 fully saturated rings. The zero-order chi connectivity index (χ0) is 15.2. The van der Waals surface area contributed by atoms with Crippen LogP contribution in [0.2, 0.25) is 0 Å². The molecule has 20 heavy (non-hydrogen) atoms. The van der Waals surface area contributed by atoms with Gasteiger partial charge in [-0.3, -0.25) is 10.6 Å². The normalized spacial score (nSPS) is 11.2. The summed E-state index contributed by atoms with van der Waals surface area (Å²) < 4.78 is 43.4. The highest BCUT2D eigenvalue weighted by Gasteiger charge is 2.34. The van der Waals surface area contributed by atoms with E-state index in [9.17, 15) is 18.0 Å². The second kappa shape index (κ2) is 7.11. The Morgan fingerprint density at radius 3 is 2.65 bits per heavy atom. The number of nitrogen functional groups attached to an aromatic ring is 1. The van der Waals surface area contributed by atoms with Crippen molar-refractivity contribution in [3.63, 3.8) is 0 Å². The van der Waals surface area contributed by atoms with Gasteiger partial charge >= 0.3 is 6.18 Å². The van der Waals surface area contributed by atoms with Crippen molar-refractivity contribution in [2.75, 3.05) is 25.2 Å². The van der Waals surface area contributed by atoms with Crippen LogP contribution in [0.4, 0.5) is 18.9 Å². The molecular formula is C12H16F3N3O2. The molecule has 0 aliphatic heterocycles. The minimum Gasteiger partial charge on any atom is -0.380 e. The molecule has 0 atom stereocenters. The molecule has 5 nitrogen and oxygen atoms in total. The minimum atomic E-state index is -4.59. The zero-order valence-electron chi connectivity index (χ0n) is 10.9. The third-order valence-electron chi connectivity index (χ3n) is 2.48. The van der Waals surface area contributed by atoms with Gasteiger partial charge in [-0.25, -0.2) is 0 Å². The second-order valence-corrected chi connectivity index (χ2v) is 3.86. The number of hydrazine groups is 1. The monoisotopic (exact) mass is 291 g/mol. The molecule has 0 saturated carbocycles. The van der Waals surface area contributed by atoms with Crippen LogP contribution in [-0.4, -0.2) is 25.7 Å². The lowest BCUT2D eigenvalue weighted by Gasteiger charge is -2.14. The molecule has 0 spiro atoms. The van der Waals surface area contributed by atoms with Crippen molar-refractivity contribution in [2.45, 2.75) is 13.1 Å². The summed E-state index contributed by atoms with van der Waals surface area (Å²) >= 11 is 0. The van der Waals surface area contributed by atoms with E-state index >= 15 is 0 Å². The summed E-state index contributed by atoms with van der Waals surface area (Å²) in [6, 6.07) is 3.13. The molecule has 1 rings (SSSR count). The van der Waals surface area contributed by atoms with Gasteiger partial charge in [0.1, 0.15) is 0 Å². The third kappa shape index (κ3) is 4.39. The van der Waals surface area contributed by atoms with Crippen LogP contribution >= 0.6 is 0 Å². The van der Waals surface area contributed by atoms with Crippen LogP contribution in [0, 0.1) is 0 Å². The van der Waals surface area contributed by atoms with Crippen LogP contribution < -0.4 is 16.6 Å². The Balaban J connectivity index is 2.83. The zero-order valence-corrected chi connectivity index (χ0v) is 10.9. The van der Waals surface area contributed by atoms with Crippen molar-refractivity contribution < 1.29 is 22.7 Å². The van der Waals surface area contributed by atoms with Gasteiger partial charge in [-0.2, -0.15) is 13.2 Å². The van der Waals surface area contributed by atoms with E-state index < -0.39 is 17.6 Å². The fourth-order valence-corrected chi connectivity index (χ4v) is 1.53. The molecule has 0 saturated heterocycles. The Morgan fingerprint density at radius 1 is 1.40 bits per heavy atom.